The van der Waals surface area contributed by atoms with Crippen molar-refractivity contribution in [3.63, 3.8) is 0 Å². The third-order valence-corrected chi connectivity index (χ3v) is 4.16. The van der Waals surface area contributed by atoms with Crippen molar-refractivity contribution < 1.29 is 9.84 Å². The fraction of sp³-hybridized carbons (Fsp3) is 0.312. The topological polar surface area (TPSA) is 85.1 Å². The van der Waals surface area contributed by atoms with Crippen LogP contribution >= 0.6 is 11.8 Å². The van der Waals surface area contributed by atoms with E-state index in [1.807, 2.05) is 30.5 Å². The van der Waals surface area contributed by atoms with Crippen LogP contribution in [0.5, 0.6) is 5.75 Å². The van der Waals surface area contributed by atoms with Gasteiger partial charge in [-0.3, -0.25) is 0 Å². The Kier molecular flexibility index (Phi) is 5.17. The zero-order chi connectivity index (χ0) is 16.9. The van der Waals surface area contributed by atoms with Gasteiger partial charge >= 0.3 is 0 Å². The molecule has 3 aromatic rings. The average molecular weight is 345 g/mol. The molecule has 0 amide bonds. The average Bonchev–Trinajstić information content (AvgIpc) is 3.03. The molecule has 0 radical (unpaired) electrons. The van der Waals surface area contributed by atoms with Gasteiger partial charge in [-0.2, -0.15) is 5.10 Å². The van der Waals surface area contributed by atoms with Gasteiger partial charge < -0.3 is 15.2 Å². The van der Waals surface area contributed by atoms with Crippen molar-refractivity contribution in [3.05, 3.63) is 36.0 Å². The minimum absolute atomic E-state index is 0.0133. The maximum absolute atomic E-state index is 9.16. The molecule has 0 spiro atoms. The number of nitrogens with one attached hydrogen (secondary N) is 1. The van der Waals surface area contributed by atoms with Crippen LogP contribution in [0.2, 0.25) is 0 Å². The molecule has 2 N–H and O–H groups in total. The van der Waals surface area contributed by atoms with Gasteiger partial charge in [0.1, 0.15) is 11.6 Å². The van der Waals surface area contributed by atoms with Crippen LogP contribution in [0.1, 0.15) is 5.56 Å². The molecule has 1 aromatic carbocycles. The third kappa shape index (κ3) is 3.29. The number of aliphatic hydroxyl groups excluding tert-OH is 1. The van der Waals surface area contributed by atoms with E-state index in [4.69, 9.17) is 9.84 Å². The third-order valence-electron chi connectivity index (χ3n) is 3.61. The number of fused-ring (bicyclic) bond motifs is 1. The maximum Gasteiger partial charge on any atom is 0.191 e. The zero-order valence-corrected chi connectivity index (χ0v) is 14.4. The fourth-order valence-corrected chi connectivity index (χ4v) is 2.81. The van der Waals surface area contributed by atoms with Gasteiger partial charge in [-0.05, 0) is 12.3 Å². The van der Waals surface area contributed by atoms with E-state index in [0.29, 0.717) is 23.9 Å². The van der Waals surface area contributed by atoms with E-state index in [1.165, 1.54) is 11.8 Å². The molecule has 0 unspecified atom stereocenters. The van der Waals surface area contributed by atoms with Gasteiger partial charge in [-0.15, -0.1) is 0 Å². The molecule has 0 saturated carbocycles. The Bertz CT molecular complexity index is 836. The number of thioether (sulfide) groups is 1. The number of hydrogen-bond donors (Lipinski definition) is 2. The lowest BCUT2D eigenvalue weighted by Gasteiger charge is -2.11. The van der Waals surface area contributed by atoms with E-state index >= 15 is 0 Å². The van der Waals surface area contributed by atoms with Crippen LogP contribution in [-0.4, -0.2) is 44.8 Å². The second kappa shape index (κ2) is 7.50. The predicted octanol–water partition coefficient (Wildman–Crippen LogP) is 2.16. The summed E-state index contributed by atoms with van der Waals surface area (Å²) in [7, 11) is 1.66. The highest BCUT2D eigenvalue weighted by atomic mass is 32.2. The molecule has 2 heterocycles. The molecule has 8 heteroatoms. The number of ether oxygens (including phenoxy) is 1. The minimum Gasteiger partial charge on any atom is -0.496 e. The summed E-state index contributed by atoms with van der Waals surface area (Å²) in [4.78, 5) is 9.05. The number of para-hydroxylation sites is 1. The zero-order valence-electron chi connectivity index (χ0n) is 13.6. The molecule has 126 valence electrons. The molecule has 0 aliphatic carbocycles. The summed E-state index contributed by atoms with van der Waals surface area (Å²) in [5, 5.41) is 18.3. The number of aromatic nitrogens is 4. The molecule has 7 nitrogen and oxygen atoms in total. The molecule has 0 atom stereocenters. The Labute approximate surface area is 144 Å². The lowest BCUT2D eigenvalue weighted by Crippen LogP contribution is -2.07. The van der Waals surface area contributed by atoms with Gasteiger partial charge in [-0.1, -0.05) is 30.0 Å². The van der Waals surface area contributed by atoms with Crippen molar-refractivity contribution >= 4 is 28.6 Å². The lowest BCUT2D eigenvalue weighted by atomic mass is 10.2. The van der Waals surface area contributed by atoms with Gasteiger partial charge in [-0.25, -0.2) is 14.6 Å². The van der Waals surface area contributed by atoms with Gasteiger partial charge in [0.2, 0.25) is 0 Å². The molecule has 3 rings (SSSR count). The first kappa shape index (κ1) is 16.5. The second-order valence-electron chi connectivity index (χ2n) is 5.05. The van der Waals surface area contributed by atoms with E-state index < -0.39 is 0 Å². The molecule has 0 saturated heterocycles. The summed E-state index contributed by atoms with van der Waals surface area (Å²) in [6.45, 7) is 0.995. The van der Waals surface area contributed by atoms with Crippen molar-refractivity contribution in [1.82, 2.24) is 19.7 Å². The van der Waals surface area contributed by atoms with Crippen LogP contribution < -0.4 is 10.1 Å². The Morgan fingerprint density at radius 3 is 2.88 bits per heavy atom. The van der Waals surface area contributed by atoms with Crippen molar-refractivity contribution in [2.75, 3.05) is 25.3 Å². The highest BCUT2D eigenvalue weighted by Crippen LogP contribution is 2.25. The highest BCUT2D eigenvalue weighted by Gasteiger charge is 2.13. The molecule has 0 bridgehead atoms. The van der Waals surface area contributed by atoms with Gasteiger partial charge in [0.05, 0.1) is 31.8 Å². The summed E-state index contributed by atoms with van der Waals surface area (Å²) >= 11 is 1.47. The number of rotatable bonds is 7. The molecule has 0 fully saturated rings. The quantitative estimate of drug-likeness (QED) is 0.501. The summed E-state index contributed by atoms with van der Waals surface area (Å²) in [5.41, 5.74) is 1.76. The van der Waals surface area contributed by atoms with Crippen molar-refractivity contribution in [2.45, 2.75) is 18.2 Å². The van der Waals surface area contributed by atoms with E-state index in [2.05, 4.69) is 20.4 Å². The SMILES string of the molecule is COc1ccccc1CNc1nc(SC)nc2c1cnn2CCO. The number of aliphatic hydroxyl groups is 1. The molecule has 24 heavy (non-hydrogen) atoms. The molecular weight excluding hydrogens is 326 g/mol. The number of nitrogens with zero attached hydrogens (tertiary/aromatic N) is 4. The van der Waals surface area contributed by atoms with Crippen LogP contribution in [0.25, 0.3) is 11.0 Å². The predicted molar refractivity (Wildman–Crippen MR) is 94.5 cm³/mol. The molecule has 0 aliphatic rings. The first-order valence-electron chi connectivity index (χ1n) is 7.51. The normalized spacial score (nSPS) is 11.0. The molecule has 2 aromatic heterocycles. The largest absolute Gasteiger partial charge is 0.496 e. The number of hydrogen-bond acceptors (Lipinski definition) is 7. The van der Waals surface area contributed by atoms with Crippen LogP contribution in [-0.2, 0) is 13.1 Å². The van der Waals surface area contributed by atoms with E-state index in [0.717, 1.165) is 22.5 Å². The minimum atomic E-state index is 0.0133. The van der Waals surface area contributed by atoms with Crippen LogP contribution in [0.4, 0.5) is 5.82 Å². The summed E-state index contributed by atoms with van der Waals surface area (Å²) in [6, 6.07) is 7.85. The molecule has 0 aliphatic heterocycles. The number of anilines is 1. The lowest BCUT2D eigenvalue weighted by molar-refractivity contribution is 0.271. The first-order chi connectivity index (χ1) is 11.8. The number of methoxy groups -OCH3 is 1. The Balaban J connectivity index is 1.93. The summed E-state index contributed by atoms with van der Waals surface area (Å²) < 4.78 is 7.07. The van der Waals surface area contributed by atoms with E-state index in [-0.39, 0.29) is 6.61 Å². The maximum atomic E-state index is 9.16. The Morgan fingerprint density at radius 1 is 1.29 bits per heavy atom. The summed E-state index contributed by atoms with van der Waals surface area (Å²) in [6.07, 6.45) is 3.65. The monoisotopic (exact) mass is 345 g/mol. The van der Waals surface area contributed by atoms with Crippen LogP contribution in [0, 0.1) is 0 Å². The first-order valence-corrected chi connectivity index (χ1v) is 8.73. The smallest absolute Gasteiger partial charge is 0.191 e. The Hall–Kier alpha value is -2.32. The van der Waals surface area contributed by atoms with Crippen LogP contribution in [0.15, 0.2) is 35.6 Å². The fourth-order valence-electron chi connectivity index (χ4n) is 2.45. The van der Waals surface area contributed by atoms with Gasteiger partial charge in [0.15, 0.2) is 10.8 Å². The highest BCUT2D eigenvalue weighted by molar-refractivity contribution is 7.98. The van der Waals surface area contributed by atoms with Crippen molar-refractivity contribution in [2.24, 2.45) is 0 Å². The summed E-state index contributed by atoms with van der Waals surface area (Å²) in [5.74, 6) is 1.55. The second-order valence-corrected chi connectivity index (χ2v) is 5.83. The van der Waals surface area contributed by atoms with E-state index in [1.54, 1.807) is 18.0 Å². The molecular formula is C16H19N5O2S. The Morgan fingerprint density at radius 2 is 2.12 bits per heavy atom. The van der Waals surface area contributed by atoms with Crippen molar-refractivity contribution in [1.29, 1.82) is 0 Å². The van der Waals surface area contributed by atoms with Gasteiger partial charge in [0, 0.05) is 12.1 Å². The van der Waals surface area contributed by atoms with Crippen LogP contribution in [0.3, 0.4) is 0 Å². The van der Waals surface area contributed by atoms with Gasteiger partial charge in [0.25, 0.3) is 0 Å². The van der Waals surface area contributed by atoms with E-state index in [9.17, 15) is 0 Å². The van der Waals surface area contributed by atoms with Crippen molar-refractivity contribution in [3.8, 4) is 5.75 Å². The number of benzene rings is 1. The standard InChI is InChI=1S/C16H19N5O2S/c1-23-13-6-4-3-5-11(13)9-17-14-12-10-18-21(7-8-22)15(12)20-16(19-14)24-2/h3-6,10,22H,7-9H2,1-2H3,(H,17,19,20).